The second kappa shape index (κ2) is 6.72. The van der Waals surface area contributed by atoms with Crippen LogP contribution < -0.4 is 17.0 Å². The van der Waals surface area contributed by atoms with Crippen molar-refractivity contribution in [3.05, 3.63) is 29.8 Å². The number of hydrazine groups is 1. The van der Waals surface area contributed by atoms with Crippen LogP contribution in [-0.2, 0) is 9.84 Å². The van der Waals surface area contributed by atoms with E-state index in [-0.39, 0.29) is 17.5 Å². The minimum absolute atomic E-state index is 0.113. The van der Waals surface area contributed by atoms with Crippen LogP contribution in [0.5, 0.6) is 0 Å². The molecule has 0 saturated carbocycles. The first-order valence-electron chi connectivity index (χ1n) is 6.01. The topological polar surface area (TPSA) is 98.2 Å². The zero-order chi connectivity index (χ0) is 13.6. The lowest BCUT2D eigenvalue weighted by Crippen LogP contribution is -2.29. The number of para-hydroxylation sites is 1. The lowest BCUT2D eigenvalue weighted by atomic mass is 10.0. The van der Waals surface area contributed by atoms with Gasteiger partial charge in [0.25, 0.3) is 0 Å². The van der Waals surface area contributed by atoms with Crippen molar-refractivity contribution in [2.45, 2.75) is 25.8 Å². The summed E-state index contributed by atoms with van der Waals surface area (Å²) in [6, 6.07) is 7.34. The quantitative estimate of drug-likeness (QED) is 0.390. The Hall–Kier alpha value is -1.11. The minimum Gasteiger partial charge on any atom is -0.398 e. The van der Waals surface area contributed by atoms with E-state index in [1.54, 1.807) is 6.92 Å². The highest BCUT2D eigenvalue weighted by Crippen LogP contribution is 2.23. The first-order valence-corrected chi connectivity index (χ1v) is 7.83. The molecule has 102 valence electrons. The summed E-state index contributed by atoms with van der Waals surface area (Å²) in [4.78, 5) is 0. The van der Waals surface area contributed by atoms with Crippen molar-refractivity contribution >= 4 is 15.5 Å². The number of nitrogens with two attached hydrogens (primary N) is 2. The van der Waals surface area contributed by atoms with Crippen molar-refractivity contribution in [2.24, 2.45) is 5.84 Å². The summed E-state index contributed by atoms with van der Waals surface area (Å²) in [6.45, 7) is 1.66. The van der Waals surface area contributed by atoms with E-state index in [1.807, 2.05) is 24.3 Å². The molecule has 1 unspecified atom stereocenters. The number of sulfone groups is 1. The number of hydrogen-bond acceptors (Lipinski definition) is 5. The highest BCUT2D eigenvalue weighted by Gasteiger charge is 2.14. The third kappa shape index (κ3) is 4.29. The van der Waals surface area contributed by atoms with Crippen molar-refractivity contribution in [1.82, 2.24) is 5.43 Å². The maximum Gasteiger partial charge on any atom is 0.150 e. The standard InChI is InChI=1S/C12H21N3O2S/c1-2-18(16,17)9-5-8-12(15-14)10-6-3-4-7-11(10)13/h3-4,6-7,12,15H,2,5,8-9,13-14H2,1H3. The fourth-order valence-electron chi connectivity index (χ4n) is 1.81. The number of nitrogen functional groups attached to an aromatic ring is 1. The Labute approximate surface area is 108 Å². The fraction of sp³-hybridized carbons (Fsp3) is 0.500. The average Bonchev–Trinajstić information content (AvgIpc) is 2.36. The molecule has 18 heavy (non-hydrogen) atoms. The van der Waals surface area contributed by atoms with Gasteiger partial charge in [0, 0.05) is 17.5 Å². The van der Waals surface area contributed by atoms with Crippen LogP contribution in [0.15, 0.2) is 24.3 Å². The van der Waals surface area contributed by atoms with Crippen LogP contribution in [0.4, 0.5) is 5.69 Å². The Morgan fingerprint density at radius 2 is 2.00 bits per heavy atom. The van der Waals surface area contributed by atoms with Crippen molar-refractivity contribution in [3.63, 3.8) is 0 Å². The zero-order valence-electron chi connectivity index (χ0n) is 10.6. The summed E-state index contributed by atoms with van der Waals surface area (Å²) in [5.74, 6) is 5.87. The summed E-state index contributed by atoms with van der Waals surface area (Å²) in [6.07, 6.45) is 1.21. The minimum atomic E-state index is -2.92. The SMILES string of the molecule is CCS(=O)(=O)CCCC(NN)c1ccccc1N. The summed E-state index contributed by atoms with van der Waals surface area (Å²) >= 11 is 0. The van der Waals surface area contributed by atoms with E-state index in [4.69, 9.17) is 11.6 Å². The Kier molecular flexibility index (Phi) is 5.58. The van der Waals surface area contributed by atoms with E-state index in [1.165, 1.54) is 0 Å². The second-order valence-corrected chi connectivity index (χ2v) is 6.70. The number of nitrogens with one attached hydrogen (secondary N) is 1. The molecule has 6 heteroatoms. The van der Waals surface area contributed by atoms with Crippen LogP contribution in [0.3, 0.4) is 0 Å². The number of anilines is 1. The van der Waals surface area contributed by atoms with Gasteiger partial charge in [-0.3, -0.25) is 11.3 Å². The molecule has 0 aromatic heterocycles. The van der Waals surface area contributed by atoms with E-state index in [0.29, 0.717) is 18.5 Å². The van der Waals surface area contributed by atoms with E-state index < -0.39 is 9.84 Å². The Morgan fingerprint density at radius 3 is 2.56 bits per heavy atom. The maximum absolute atomic E-state index is 11.4. The molecule has 0 aliphatic heterocycles. The molecule has 0 spiro atoms. The van der Waals surface area contributed by atoms with Gasteiger partial charge in [0.2, 0.25) is 0 Å². The number of hydrogen-bond donors (Lipinski definition) is 3. The molecule has 1 atom stereocenters. The van der Waals surface area contributed by atoms with Crippen LogP contribution in [0, 0.1) is 0 Å². The lowest BCUT2D eigenvalue weighted by molar-refractivity contribution is 0.508. The summed E-state index contributed by atoms with van der Waals surface area (Å²) in [5, 5.41) is 0. The van der Waals surface area contributed by atoms with E-state index in [9.17, 15) is 8.42 Å². The molecule has 0 aliphatic carbocycles. The normalized spacial score (nSPS) is 13.4. The highest BCUT2D eigenvalue weighted by molar-refractivity contribution is 7.91. The van der Waals surface area contributed by atoms with E-state index in [0.717, 1.165) is 5.56 Å². The monoisotopic (exact) mass is 271 g/mol. The van der Waals surface area contributed by atoms with Gasteiger partial charge in [0.1, 0.15) is 9.84 Å². The van der Waals surface area contributed by atoms with Gasteiger partial charge in [0.15, 0.2) is 0 Å². The Balaban J connectivity index is 2.61. The molecule has 0 amide bonds. The van der Waals surface area contributed by atoms with Gasteiger partial charge in [-0.05, 0) is 24.5 Å². The van der Waals surface area contributed by atoms with Gasteiger partial charge < -0.3 is 5.73 Å². The fourth-order valence-corrected chi connectivity index (χ4v) is 2.70. The molecule has 0 saturated heterocycles. The van der Waals surface area contributed by atoms with E-state index in [2.05, 4.69) is 5.43 Å². The average molecular weight is 271 g/mol. The maximum atomic E-state index is 11.4. The number of rotatable bonds is 7. The molecular weight excluding hydrogens is 250 g/mol. The largest absolute Gasteiger partial charge is 0.398 e. The molecular formula is C12H21N3O2S. The molecule has 1 rings (SSSR count). The molecule has 1 aromatic carbocycles. The third-order valence-electron chi connectivity index (χ3n) is 2.96. The molecule has 0 bridgehead atoms. The molecule has 0 fully saturated rings. The Bertz CT molecular complexity index is 474. The molecule has 1 aromatic rings. The van der Waals surface area contributed by atoms with E-state index >= 15 is 0 Å². The van der Waals surface area contributed by atoms with Crippen LogP contribution in [0.2, 0.25) is 0 Å². The van der Waals surface area contributed by atoms with Gasteiger partial charge in [-0.25, -0.2) is 8.42 Å². The van der Waals surface area contributed by atoms with Crippen molar-refractivity contribution in [3.8, 4) is 0 Å². The predicted octanol–water partition coefficient (Wildman–Crippen LogP) is 0.988. The smallest absolute Gasteiger partial charge is 0.150 e. The molecule has 0 heterocycles. The van der Waals surface area contributed by atoms with Gasteiger partial charge in [-0.2, -0.15) is 0 Å². The number of benzene rings is 1. The second-order valence-electron chi connectivity index (χ2n) is 4.23. The molecule has 0 radical (unpaired) electrons. The molecule has 0 aliphatic rings. The first-order chi connectivity index (χ1) is 8.50. The van der Waals surface area contributed by atoms with Crippen LogP contribution in [0.25, 0.3) is 0 Å². The summed E-state index contributed by atoms with van der Waals surface area (Å²) in [5.41, 5.74) is 10.1. The lowest BCUT2D eigenvalue weighted by Gasteiger charge is -2.18. The Morgan fingerprint density at radius 1 is 1.33 bits per heavy atom. The summed E-state index contributed by atoms with van der Waals surface area (Å²) < 4.78 is 22.8. The zero-order valence-corrected chi connectivity index (χ0v) is 11.4. The van der Waals surface area contributed by atoms with Crippen LogP contribution >= 0.6 is 0 Å². The first kappa shape index (κ1) is 14.9. The predicted molar refractivity (Wildman–Crippen MR) is 74.5 cm³/mol. The third-order valence-corrected chi connectivity index (χ3v) is 4.75. The van der Waals surface area contributed by atoms with Crippen LogP contribution in [0.1, 0.15) is 31.4 Å². The van der Waals surface area contributed by atoms with Gasteiger partial charge >= 0.3 is 0 Å². The molecule has 5 N–H and O–H groups in total. The van der Waals surface area contributed by atoms with Gasteiger partial charge in [-0.15, -0.1) is 0 Å². The summed E-state index contributed by atoms with van der Waals surface area (Å²) in [7, 11) is -2.92. The highest BCUT2D eigenvalue weighted by atomic mass is 32.2. The van der Waals surface area contributed by atoms with Crippen molar-refractivity contribution < 1.29 is 8.42 Å². The van der Waals surface area contributed by atoms with Crippen molar-refractivity contribution in [1.29, 1.82) is 0 Å². The van der Waals surface area contributed by atoms with Crippen LogP contribution in [-0.4, -0.2) is 19.9 Å². The molecule has 5 nitrogen and oxygen atoms in total. The van der Waals surface area contributed by atoms with Gasteiger partial charge in [0.05, 0.1) is 5.75 Å². The van der Waals surface area contributed by atoms with Crippen molar-refractivity contribution in [2.75, 3.05) is 17.2 Å². The van der Waals surface area contributed by atoms with Gasteiger partial charge in [-0.1, -0.05) is 25.1 Å².